The Labute approximate surface area is 205 Å². The van der Waals surface area contributed by atoms with Gasteiger partial charge < -0.3 is 35.2 Å². The summed E-state index contributed by atoms with van der Waals surface area (Å²) in [5.74, 6) is 0.743. The number of ether oxygens (including phenoxy) is 2. The predicted molar refractivity (Wildman–Crippen MR) is 127 cm³/mol. The quantitative estimate of drug-likeness (QED) is 0.302. The van der Waals surface area contributed by atoms with Gasteiger partial charge in [-0.2, -0.15) is 0 Å². The van der Waals surface area contributed by atoms with Crippen LogP contribution in [0.15, 0.2) is 36.7 Å². The zero-order chi connectivity index (χ0) is 25.1. The fraction of sp³-hybridized carbons (Fsp3) is 0.391. The van der Waals surface area contributed by atoms with Gasteiger partial charge >= 0.3 is 0 Å². The molecular formula is C23H26ClFN4O6. The van der Waals surface area contributed by atoms with Crippen LogP contribution in [-0.4, -0.2) is 93.1 Å². The Bertz CT molecular complexity index is 1190. The summed E-state index contributed by atoms with van der Waals surface area (Å²) in [5, 5.41) is 43.3. The van der Waals surface area contributed by atoms with Crippen molar-refractivity contribution >= 4 is 34.0 Å². The van der Waals surface area contributed by atoms with Crippen LogP contribution in [0.25, 0.3) is 10.9 Å². The van der Waals surface area contributed by atoms with Gasteiger partial charge in [0.05, 0.1) is 36.4 Å². The molecular weight excluding hydrogens is 483 g/mol. The molecule has 0 bridgehead atoms. The number of aliphatic hydroxyl groups is 4. The molecule has 0 radical (unpaired) electrons. The number of fused-ring (bicyclic) bond motifs is 1. The monoisotopic (exact) mass is 508 g/mol. The van der Waals surface area contributed by atoms with Crippen molar-refractivity contribution in [3.05, 3.63) is 47.5 Å². The fourth-order valence-electron chi connectivity index (χ4n) is 4.05. The van der Waals surface area contributed by atoms with Crippen molar-refractivity contribution in [2.75, 3.05) is 38.7 Å². The highest BCUT2D eigenvalue weighted by Crippen LogP contribution is 2.35. The molecule has 0 amide bonds. The minimum atomic E-state index is -1.33. The second-order valence-corrected chi connectivity index (χ2v) is 8.55. The van der Waals surface area contributed by atoms with Gasteiger partial charge in [-0.15, -0.1) is 0 Å². The molecule has 1 saturated heterocycles. The lowest BCUT2D eigenvalue weighted by Crippen LogP contribution is -2.63. The molecule has 5 N–H and O–H groups in total. The first-order valence-electron chi connectivity index (χ1n) is 10.9. The summed E-state index contributed by atoms with van der Waals surface area (Å²) in [6, 6.07) is 6.89. The first-order valence-corrected chi connectivity index (χ1v) is 11.3. The smallest absolute Gasteiger partial charge is 0.162 e. The van der Waals surface area contributed by atoms with Crippen molar-refractivity contribution in [3.8, 4) is 11.5 Å². The number of halogens is 2. The van der Waals surface area contributed by atoms with E-state index in [0.29, 0.717) is 33.9 Å². The summed E-state index contributed by atoms with van der Waals surface area (Å²) >= 11 is 5.88. The van der Waals surface area contributed by atoms with Crippen molar-refractivity contribution in [2.45, 2.75) is 24.4 Å². The van der Waals surface area contributed by atoms with Crippen LogP contribution in [-0.2, 0) is 0 Å². The molecule has 1 fully saturated rings. The third-order valence-corrected chi connectivity index (χ3v) is 6.24. The number of nitrogens with one attached hydrogen (secondary N) is 1. The fourth-order valence-corrected chi connectivity index (χ4v) is 4.24. The first-order chi connectivity index (χ1) is 16.8. The normalized spacial score (nSPS) is 22.8. The lowest BCUT2D eigenvalue weighted by molar-refractivity contribution is -0.146. The lowest BCUT2D eigenvalue weighted by atomic mass is 9.94. The van der Waals surface area contributed by atoms with Crippen LogP contribution in [0.4, 0.5) is 15.9 Å². The van der Waals surface area contributed by atoms with E-state index in [0.717, 1.165) is 0 Å². The maximum Gasteiger partial charge on any atom is 0.162 e. The average molecular weight is 509 g/mol. The van der Waals surface area contributed by atoms with Gasteiger partial charge in [0.15, 0.2) is 11.5 Å². The van der Waals surface area contributed by atoms with Crippen molar-refractivity contribution in [1.29, 1.82) is 0 Å². The van der Waals surface area contributed by atoms with Crippen LogP contribution in [0.5, 0.6) is 11.5 Å². The maximum atomic E-state index is 13.5. The largest absolute Gasteiger partial charge is 0.493 e. The van der Waals surface area contributed by atoms with Crippen LogP contribution in [0, 0.1) is 5.82 Å². The summed E-state index contributed by atoms with van der Waals surface area (Å²) in [6.07, 6.45) is -2.38. The van der Waals surface area contributed by atoms with Crippen molar-refractivity contribution in [1.82, 2.24) is 14.9 Å². The number of anilines is 2. The van der Waals surface area contributed by atoms with Gasteiger partial charge in [-0.25, -0.2) is 14.4 Å². The molecule has 1 aliphatic heterocycles. The molecule has 3 aromatic rings. The lowest BCUT2D eigenvalue weighted by Gasteiger charge is -2.42. The molecule has 35 heavy (non-hydrogen) atoms. The molecule has 0 saturated carbocycles. The van der Waals surface area contributed by atoms with Crippen molar-refractivity contribution < 1.29 is 34.3 Å². The highest BCUT2D eigenvalue weighted by Gasteiger charge is 2.40. The van der Waals surface area contributed by atoms with Crippen molar-refractivity contribution in [2.24, 2.45) is 0 Å². The molecule has 1 aromatic heterocycles. The third kappa shape index (κ3) is 5.40. The van der Waals surface area contributed by atoms with E-state index < -0.39 is 30.2 Å². The van der Waals surface area contributed by atoms with Crippen LogP contribution >= 0.6 is 11.6 Å². The average Bonchev–Trinajstić information content (AvgIpc) is 2.85. The summed E-state index contributed by atoms with van der Waals surface area (Å²) in [4.78, 5) is 10.2. The number of hydrogen-bond acceptors (Lipinski definition) is 10. The molecule has 4 atom stereocenters. The topological polar surface area (TPSA) is 140 Å². The van der Waals surface area contributed by atoms with E-state index in [-0.39, 0.29) is 31.3 Å². The number of methoxy groups -OCH3 is 1. The molecule has 4 rings (SSSR count). The van der Waals surface area contributed by atoms with E-state index in [2.05, 4.69) is 15.3 Å². The number of aromatic nitrogens is 2. The van der Waals surface area contributed by atoms with E-state index in [1.807, 2.05) is 0 Å². The van der Waals surface area contributed by atoms with Gasteiger partial charge in [-0.05, 0) is 24.3 Å². The van der Waals surface area contributed by atoms with E-state index in [1.165, 1.54) is 31.6 Å². The SMILES string of the molecule is COc1cc2ncnc(Nc3ccc(F)c(Cl)c3)c2cc1OCCN1C[C@H](O)[C@@H](O)[C@H](O)[C@H]1CO. The molecule has 2 heterocycles. The van der Waals surface area contributed by atoms with E-state index >= 15 is 0 Å². The number of nitrogens with zero attached hydrogens (tertiary/aromatic N) is 3. The molecule has 10 nitrogen and oxygen atoms in total. The highest BCUT2D eigenvalue weighted by atomic mass is 35.5. The Balaban J connectivity index is 1.54. The standard InChI is InChI=1S/C23H26ClFN4O6/c1-34-19-8-16-13(23(27-11-26-16)28-12-2-3-15(25)14(24)6-12)7-20(19)35-5-4-29-9-18(31)22(33)21(32)17(29)10-30/h2-3,6-8,11,17-18,21-22,30-33H,4-5,9-10H2,1H3,(H,26,27,28)/t17-,18+,21-,22-/m1/s1. The van der Waals surface area contributed by atoms with E-state index in [4.69, 9.17) is 21.1 Å². The number of benzene rings is 2. The number of likely N-dealkylation sites (tertiary alicyclic amines) is 1. The summed E-state index contributed by atoms with van der Waals surface area (Å²) in [6.45, 7) is 0.0868. The molecule has 0 aliphatic carbocycles. The van der Waals surface area contributed by atoms with E-state index in [1.54, 1.807) is 17.0 Å². The van der Waals surface area contributed by atoms with E-state index in [9.17, 15) is 24.8 Å². The molecule has 0 spiro atoms. The zero-order valence-corrected chi connectivity index (χ0v) is 19.6. The van der Waals surface area contributed by atoms with Gasteiger partial charge in [0.2, 0.25) is 0 Å². The molecule has 1 aliphatic rings. The molecule has 0 unspecified atom stereocenters. The summed E-state index contributed by atoms with van der Waals surface area (Å²) < 4.78 is 24.9. The number of piperidine rings is 1. The Kier molecular flexibility index (Phi) is 7.85. The second kappa shape index (κ2) is 10.9. The van der Waals surface area contributed by atoms with Gasteiger partial charge in [-0.3, -0.25) is 4.90 Å². The first kappa shape index (κ1) is 25.3. The zero-order valence-electron chi connectivity index (χ0n) is 18.8. The number of hydrogen-bond donors (Lipinski definition) is 5. The Hall–Kier alpha value is -2.80. The van der Waals surface area contributed by atoms with Crippen LogP contribution in [0.3, 0.4) is 0 Å². The Morgan fingerprint density at radius 2 is 1.94 bits per heavy atom. The highest BCUT2D eigenvalue weighted by molar-refractivity contribution is 6.31. The van der Waals surface area contributed by atoms with Crippen LogP contribution in [0.2, 0.25) is 5.02 Å². The number of rotatable bonds is 8. The minimum absolute atomic E-state index is 0.0271. The van der Waals surface area contributed by atoms with Gasteiger partial charge in [0, 0.05) is 30.2 Å². The predicted octanol–water partition coefficient (Wildman–Crippen LogP) is 1.31. The Morgan fingerprint density at radius 1 is 1.14 bits per heavy atom. The number of aliphatic hydroxyl groups excluding tert-OH is 4. The van der Waals surface area contributed by atoms with Crippen molar-refractivity contribution in [3.63, 3.8) is 0 Å². The summed E-state index contributed by atoms with van der Waals surface area (Å²) in [5.41, 5.74) is 1.12. The Morgan fingerprint density at radius 3 is 2.66 bits per heavy atom. The maximum absolute atomic E-state index is 13.5. The van der Waals surface area contributed by atoms with Crippen LogP contribution in [0.1, 0.15) is 0 Å². The molecule has 2 aromatic carbocycles. The molecule has 188 valence electrons. The number of β-amino-alcohol motifs (C(OH)–C–C–N with tert-alkyl or cyclic N) is 1. The minimum Gasteiger partial charge on any atom is -0.493 e. The van der Waals surface area contributed by atoms with Crippen LogP contribution < -0.4 is 14.8 Å². The van der Waals surface area contributed by atoms with Gasteiger partial charge in [0.1, 0.15) is 36.8 Å². The van der Waals surface area contributed by atoms with Gasteiger partial charge in [-0.1, -0.05) is 11.6 Å². The third-order valence-electron chi connectivity index (χ3n) is 5.96. The summed E-state index contributed by atoms with van der Waals surface area (Å²) in [7, 11) is 1.50. The molecule has 12 heteroatoms. The van der Waals surface area contributed by atoms with Gasteiger partial charge in [0.25, 0.3) is 0 Å². The second-order valence-electron chi connectivity index (χ2n) is 8.14.